The Morgan fingerprint density at radius 3 is 2.39 bits per heavy atom. The minimum Gasteiger partial charge on any atom is -0.475 e. The summed E-state index contributed by atoms with van der Waals surface area (Å²) in [6, 6.07) is 5.74. The molecular formula is C24H23ClN4O8S. The van der Waals surface area contributed by atoms with Crippen LogP contribution in [-0.4, -0.2) is 56.0 Å². The normalized spacial score (nSPS) is 11.2. The Hall–Kier alpha value is -4.10. The minimum absolute atomic E-state index is 0.00177. The summed E-state index contributed by atoms with van der Waals surface area (Å²) in [5, 5.41) is 16.4. The fraction of sp³-hybridized carbons (Fsp3) is 0.292. The highest BCUT2D eigenvalue weighted by Crippen LogP contribution is 2.29. The lowest BCUT2D eigenvalue weighted by Crippen LogP contribution is -2.30. The Morgan fingerprint density at radius 2 is 1.84 bits per heavy atom. The van der Waals surface area contributed by atoms with E-state index in [-0.39, 0.29) is 23.6 Å². The second kappa shape index (κ2) is 11.1. The van der Waals surface area contributed by atoms with Gasteiger partial charge in [0.05, 0.1) is 30.2 Å². The molecule has 3 rings (SSSR count). The Labute approximate surface area is 224 Å². The number of carbonyl (C=O) groups excluding carboxylic acids is 4. The molecule has 0 fully saturated rings. The molecule has 0 spiro atoms. The number of carboxylic acids is 1. The molecule has 3 aromatic rings. The maximum atomic E-state index is 13.2. The Morgan fingerprint density at radius 1 is 1.16 bits per heavy atom. The molecule has 0 aromatic carbocycles. The number of hydrogen-bond acceptors (Lipinski definition) is 10. The number of hydrogen-bond donors (Lipinski definition) is 2. The number of aliphatic carboxylic acids is 1. The number of Topliss-reactive ketones (excluding diaryl/α,β-unsaturated/α-hetero) is 2. The molecule has 12 nitrogen and oxygen atoms in total. The topological polar surface area (TPSA) is 167 Å². The molecular weight excluding hydrogens is 540 g/mol. The number of thiophene rings is 1. The maximum absolute atomic E-state index is 13.2. The van der Waals surface area contributed by atoms with E-state index in [0.717, 1.165) is 33.5 Å². The molecule has 0 bridgehead atoms. The zero-order chi connectivity index (χ0) is 28.4. The number of esters is 1. The molecule has 38 heavy (non-hydrogen) atoms. The predicted octanol–water partition coefficient (Wildman–Crippen LogP) is 2.73. The van der Waals surface area contributed by atoms with Gasteiger partial charge in [0, 0.05) is 39.7 Å². The molecule has 2 N–H and O–H groups in total. The molecule has 3 heterocycles. The Balaban J connectivity index is 2.20. The highest BCUT2D eigenvalue weighted by atomic mass is 35.5. The number of methoxy groups -OCH3 is 1. The van der Waals surface area contributed by atoms with Crippen LogP contribution in [0.25, 0.3) is 11.3 Å². The summed E-state index contributed by atoms with van der Waals surface area (Å²) < 4.78 is 6.93. The first-order valence-corrected chi connectivity index (χ1v) is 12.2. The number of carbonyl (C=O) groups is 5. The van der Waals surface area contributed by atoms with E-state index in [2.05, 4.69) is 15.2 Å². The maximum Gasteiger partial charge on any atom is 0.379 e. The first-order chi connectivity index (χ1) is 17.7. The lowest BCUT2D eigenvalue weighted by molar-refractivity contribution is -0.149. The van der Waals surface area contributed by atoms with E-state index >= 15 is 0 Å². The third-order valence-electron chi connectivity index (χ3n) is 5.19. The molecule has 0 aliphatic heterocycles. The van der Waals surface area contributed by atoms with Gasteiger partial charge in [-0.3, -0.25) is 19.2 Å². The zero-order valence-electron chi connectivity index (χ0n) is 20.7. The van der Waals surface area contributed by atoms with Crippen molar-refractivity contribution in [3.05, 3.63) is 55.6 Å². The number of nitrogens with zero attached hydrogens (tertiary/aromatic N) is 3. The molecule has 0 amide bonds. The highest BCUT2D eigenvalue weighted by molar-refractivity contribution is 7.16. The molecule has 0 saturated heterocycles. The number of anilines is 1. The summed E-state index contributed by atoms with van der Waals surface area (Å²) in [7, 11) is 0.988. The van der Waals surface area contributed by atoms with Crippen molar-refractivity contribution in [2.75, 3.05) is 12.4 Å². The van der Waals surface area contributed by atoms with Gasteiger partial charge in [-0.1, -0.05) is 32.4 Å². The van der Waals surface area contributed by atoms with Gasteiger partial charge in [-0.05, 0) is 12.1 Å². The summed E-state index contributed by atoms with van der Waals surface area (Å²) in [6.07, 6.45) is 1.04. The van der Waals surface area contributed by atoms with Gasteiger partial charge >= 0.3 is 11.9 Å². The van der Waals surface area contributed by atoms with Crippen LogP contribution in [0.1, 0.15) is 40.8 Å². The average Bonchev–Trinajstić information content (AvgIpc) is 3.47. The van der Waals surface area contributed by atoms with E-state index in [0.29, 0.717) is 4.34 Å². The fourth-order valence-electron chi connectivity index (χ4n) is 3.25. The number of ketones is 2. The number of aromatic nitrogens is 3. The van der Waals surface area contributed by atoms with Gasteiger partial charge < -0.3 is 19.7 Å². The van der Waals surface area contributed by atoms with Crippen LogP contribution >= 0.6 is 22.9 Å². The summed E-state index contributed by atoms with van der Waals surface area (Å²) in [5.74, 6) is -5.64. The van der Waals surface area contributed by atoms with E-state index in [9.17, 15) is 28.8 Å². The van der Waals surface area contributed by atoms with Crippen LogP contribution in [0.3, 0.4) is 0 Å². The molecule has 0 saturated carbocycles. The SMILES string of the molecule is COC(=O)C(=O)c1cc(=O)n(CC(=O)C(=O)O)cc1-c1cc(NCc2ccc(Cl)s2)n(C(=O)C(C)(C)C)n1. The molecule has 0 atom stereocenters. The van der Waals surface area contributed by atoms with Gasteiger partial charge in [-0.2, -0.15) is 9.78 Å². The summed E-state index contributed by atoms with van der Waals surface area (Å²) in [6.45, 7) is 4.50. The monoisotopic (exact) mass is 562 g/mol. The van der Waals surface area contributed by atoms with Crippen molar-refractivity contribution in [1.29, 1.82) is 0 Å². The van der Waals surface area contributed by atoms with Gasteiger partial charge in [0.25, 0.3) is 23.0 Å². The number of halogens is 1. The lowest BCUT2D eigenvalue weighted by Gasteiger charge is -2.18. The number of ether oxygens (including phenoxy) is 1. The summed E-state index contributed by atoms with van der Waals surface area (Å²) in [4.78, 5) is 74.2. The Kier molecular flexibility index (Phi) is 8.32. The quantitative estimate of drug-likeness (QED) is 0.225. The number of rotatable bonds is 9. The van der Waals surface area contributed by atoms with Crippen molar-refractivity contribution in [2.24, 2.45) is 5.41 Å². The minimum atomic E-state index is -1.76. The van der Waals surface area contributed by atoms with Crippen molar-refractivity contribution in [3.8, 4) is 11.3 Å². The van der Waals surface area contributed by atoms with Crippen molar-refractivity contribution < 1.29 is 33.8 Å². The molecule has 0 aliphatic carbocycles. The van der Waals surface area contributed by atoms with Crippen LogP contribution in [0, 0.1) is 5.41 Å². The third-order valence-corrected chi connectivity index (χ3v) is 6.42. The average molecular weight is 563 g/mol. The largest absolute Gasteiger partial charge is 0.475 e. The van der Waals surface area contributed by atoms with Gasteiger partial charge in [-0.25, -0.2) is 9.59 Å². The highest BCUT2D eigenvalue weighted by Gasteiger charge is 2.29. The van der Waals surface area contributed by atoms with Crippen LogP contribution in [0.2, 0.25) is 4.34 Å². The predicted molar refractivity (Wildman–Crippen MR) is 138 cm³/mol. The van der Waals surface area contributed by atoms with E-state index in [1.54, 1.807) is 32.9 Å². The molecule has 0 radical (unpaired) electrons. The van der Waals surface area contributed by atoms with E-state index < -0.39 is 52.5 Å². The first-order valence-electron chi connectivity index (χ1n) is 11.0. The number of carboxylic acid groups (broad SMARTS) is 1. The third kappa shape index (κ3) is 6.23. The van der Waals surface area contributed by atoms with E-state index in [1.165, 1.54) is 17.4 Å². The van der Waals surface area contributed by atoms with Crippen molar-refractivity contribution >= 4 is 58.2 Å². The molecule has 14 heteroatoms. The van der Waals surface area contributed by atoms with E-state index in [4.69, 9.17) is 16.7 Å². The fourth-order valence-corrected chi connectivity index (χ4v) is 4.28. The molecule has 0 aliphatic rings. The van der Waals surface area contributed by atoms with Crippen LogP contribution in [-0.2, 0) is 32.2 Å². The van der Waals surface area contributed by atoms with Gasteiger partial charge in [0.2, 0.25) is 0 Å². The summed E-state index contributed by atoms with van der Waals surface area (Å²) in [5.41, 5.74) is -2.28. The standard InChI is InChI=1S/C24H23ClN4O8S/c1-24(2,3)23(36)29-18(26-9-12-5-6-17(25)38-12)8-15(27-29)14-10-28(11-16(30)21(33)34)19(31)7-13(14)20(32)22(35)37-4/h5-8,10,26H,9,11H2,1-4H3,(H,33,34). The molecule has 3 aromatic heterocycles. The van der Waals surface area contributed by atoms with Crippen LogP contribution in [0.5, 0.6) is 0 Å². The van der Waals surface area contributed by atoms with Gasteiger partial charge in [-0.15, -0.1) is 11.3 Å². The second-order valence-corrected chi connectivity index (χ2v) is 10.9. The van der Waals surface area contributed by atoms with Crippen molar-refractivity contribution in [1.82, 2.24) is 14.3 Å². The molecule has 0 unspecified atom stereocenters. The van der Waals surface area contributed by atoms with Gasteiger partial charge in [0.15, 0.2) is 0 Å². The van der Waals surface area contributed by atoms with Crippen molar-refractivity contribution in [3.63, 3.8) is 0 Å². The molecule has 200 valence electrons. The lowest BCUT2D eigenvalue weighted by atomic mass is 9.96. The Bertz CT molecular complexity index is 1510. The smallest absolute Gasteiger partial charge is 0.379 e. The second-order valence-electron chi connectivity index (χ2n) is 9.06. The first kappa shape index (κ1) is 28.5. The van der Waals surface area contributed by atoms with Crippen molar-refractivity contribution in [2.45, 2.75) is 33.9 Å². The summed E-state index contributed by atoms with van der Waals surface area (Å²) >= 11 is 7.32. The van der Waals surface area contributed by atoms with Crippen LogP contribution in [0.15, 0.2) is 35.3 Å². The number of pyridine rings is 1. The van der Waals surface area contributed by atoms with E-state index in [1.807, 2.05) is 0 Å². The zero-order valence-corrected chi connectivity index (χ0v) is 22.3. The van der Waals surface area contributed by atoms with Gasteiger partial charge in [0.1, 0.15) is 5.82 Å². The van der Waals surface area contributed by atoms with Crippen LogP contribution in [0.4, 0.5) is 5.82 Å². The van der Waals surface area contributed by atoms with Crippen LogP contribution < -0.4 is 10.9 Å². The number of nitrogens with one attached hydrogen (secondary N) is 1.